The van der Waals surface area contributed by atoms with Crippen molar-refractivity contribution in [2.24, 2.45) is 10.7 Å². The summed E-state index contributed by atoms with van der Waals surface area (Å²) in [6.07, 6.45) is 1.04. The molecule has 1 aliphatic rings. The van der Waals surface area contributed by atoms with E-state index in [2.05, 4.69) is 4.99 Å². The Morgan fingerprint density at radius 2 is 2.08 bits per heavy atom. The van der Waals surface area contributed by atoms with E-state index in [0.717, 1.165) is 5.56 Å². The number of aliphatic imine (C=N–C) groups is 1. The number of methoxy groups -OCH3 is 1. The number of benzene rings is 2. The van der Waals surface area contributed by atoms with Crippen LogP contribution in [0.5, 0.6) is 5.75 Å². The second kappa shape index (κ2) is 7.26. The molecule has 6 nitrogen and oxygen atoms in total. The highest BCUT2D eigenvalue weighted by atomic mass is 35.5. The van der Waals surface area contributed by atoms with Gasteiger partial charge in [0.15, 0.2) is 0 Å². The van der Waals surface area contributed by atoms with Crippen molar-refractivity contribution in [2.75, 3.05) is 31.0 Å². The minimum atomic E-state index is -0.538. The molecule has 0 saturated heterocycles. The van der Waals surface area contributed by atoms with Crippen LogP contribution in [0.2, 0.25) is 5.02 Å². The molecule has 0 amide bonds. The number of halogens is 2. The van der Waals surface area contributed by atoms with Gasteiger partial charge in [-0.15, -0.1) is 0 Å². The number of hydrogen-bond donors (Lipinski definition) is 2. The molecule has 0 aromatic heterocycles. The Morgan fingerprint density at radius 3 is 2.80 bits per heavy atom. The molecule has 25 heavy (non-hydrogen) atoms. The van der Waals surface area contributed by atoms with Crippen molar-refractivity contribution >= 4 is 35.0 Å². The van der Waals surface area contributed by atoms with E-state index in [0.29, 0.717) is 36.0 Å². The molecule has 0 fully saturated rings. The zero-order valence-electron chi connectivity index (χ0n) is 13.6. The molecule has 1 aliphatic heterocycles. The van der Waals surface area contributed by atoms with Crippen LogP contribution < -0.4 is 21.1 Å². The maximum atomic E-state index is 13.4. The lowest BCUT2D eigenvalue weighted by molar-refractivity contribution is 0.147. The molecule has 4 N–H and O–H groups in total. The molecule has 0 spiro atoms. The fourth-order valence-electron chi connectivity index (χ4n) is 2.53. The molecular weight excluding hydrogens is 347 g/mol. The van der Waals surface area contributed by atoms with E-state index >= 15 is 0 Å². The maximum absolute atomic E-state index is 13.4. The molecule has 0 bridgehead atoms. The summed E-state index contributed by atoms with van der Waals surface area (Å²) in [7, 11) is 1.60. The number of rotatable bonds is 5. The van der Waals surface area contributed by atoms with Crippen LogP contribution in [-0.2, 0) is 4.74 Å². The standard InChI is InChI=1S/C17H18ClFN4O2/c1-24-4-5-25-16-8-15-11(7-14(16)20)17(21)23(9-22-15)10-2-3-13(19)12(18)6-10/h2-3,6-9,17H,4-5,20-21H2,1H3. The Labute approximate surface area is 149 Å². The number of nitrogens with two attached hydrogens (primary N) is 2. The number of ether oxygens (including phenoxy) is 2. The molecule has 8 heteroatoms. The summed E-state index contributed by atoms with van der Waals surface area (Å²) in [5.74, 6) is 0.0360. The first kappa shape index (κ1) is 17.5. The zero-order chi connectivity index (χ0) is 18.0. The lowest BCUT2D eigenvalue weighted by atomic mass is 10.1. The smallest absolute Gasteiger partial charge is 0.144 e. The molecule has 1 unspecified atom stereocenters. The van der Waals surface area contributed by atoms with Crippen LogP contribution in [0, 0.1) is 5.82 Å². The average Bonchev–Trinajstić information content (AvgIpc) is 2.59. The summed E-state index contributed by atoms with van der Waals surface area (Å²) in [5, 5.41) is 0.0188. The largest absolute Gasteiger partial charge is 0.489 e. The van der Waals surface area contributed by atoms with Crippen LogP contribution in [-0.4, -0.2) is 26.7 Å². The third kappa shape index (κ3) is 3.53. The van der Waals surface area contributed by atoms with E-state index < -0.39 is 12.0 Å². The summed E-state index contributed by atoms with van der Waals surface area (Å²) in [5.41, 5.74) is 14.9. The summed E-state index contributed by atoms with van der Waals surface area (Å²) < 4.78 is 23.9. The minimum absolute atomic E-state index is 0.0188. The Hall–Kier alpha value is -2.35. The van der Waals surface area contributed by atoms with E-state index in [1.54, 1.807) is 36.5 Å². The van der Waals surface area contributed by atoms with Gasteiger partial charge in [-0.25, -0.2) is 9.38 Å². The second-order valence-corrected chi connectivity index (χ2v) is 5.89. The topological polar surface area (TPSA) is 86.1 Å². The van der Waals surface area contributed by atoms with Crippen molar-refractivity contribution in [3.8, 4) is 5.75 Å². The maximum Gasteiger partial charge on any atom is 0.144 e. The number of nitrogens with zero attached hydrogens (tertiary/aromatic N) is 2. The quantitative estimate of drug-likeness (QED) is 0.628. The van der Waals surface area contributed by atoms with Crippen molar-refractivity contribution in [1.82, 2.24) is 0 Å². The van der Waals surface area contributed by atoms with Crippen LogP contribution in [0.1, 0.15) is 11.7 Å². The highest BCUT2D eigenvalue weighted by Crippen LogP contribution is 2.39. The number of hydrogen-bond acceptors (Lipinski definition) is 6. The third-order valence-corrected chi connectivity index (χ3v) is 4.13. The van der Waals surface area contributed by atoms with E-state index in [4.69, 9.17) is 32.5 Å². The first-order valence-electron chi connectivity index (χ1n) is 7.59. The third-order valence-electron chi connectivity index (χ3n) is 3.85. The number of fused-ring (bicyclic) bond motifs is 1. The highest BCUT2D eigenvalue weighted by molar-refractivity contribution is 6.31. The van der Waals surface area contributed by atoms with Gasteiger partial charge in [0.2, 0.25) is 0 Å². The van der Waals surface area contributed by atoms with Crippen LogP contribution in [0.4, 0.5) is 21.5 Å². The van der Waals surface area contributed by atoms with Gasteiger partial charge >= 0.3 is 0 Å². The van der Waals surface area contributed by atoms with Crippen molar-refractivity contribution in [3.05, 3.63) is 46.7 Å². The van der Waals surface area contributed by atoms with Gasteiger partial charge < -0.3 is 25.8 Å². The van der Waals surface area contributed by atoms with Gasteiger partial charge in [-0.1, -0.05) is 11.6 Å². The lowest BCUT2D eigenvalue weighted by Crippen LogP contribution is -2.35. The molecule has 132 valence electrons. The van der Waals surface area contributed by atoms with E-state index in [9.17, 15) is 4.39 Å². The van der Waals surface area contributed by atoms with Crippen LogP contribution in [0.3, 0.4) is 0 Å². The minimum Gasteiger partial charge on any atom is -0.489 e. The molecular formula is C17H18ClFN4O2. The SMILES string of the molecule is COCCOc1cc2c(cc1N)C(N)N(c1ccc(F)c(Cl)c1)C=N2. The van der Waals surface area contributed by atoms with Gasteiger partial charge in [0.05, 0.1) is 29.3 Å². The Kier molecular flexibility index (Phi) is 5.08. The number of nitrogen functional groups attached to an aromatic ring is 1. The summed E-state index contributed by atoms with van der Waals surface area (Å²) in [6, 6.07) is 7.85. The van der Waals surface area contributed by atoms with Gasteiger partial charge in [0.25, 0.3) is 0 Å². The number of anilines is 2. The van der Waals surface area contributed by atoms with E-state index in [1.165, 1.54) is 12.1 Å². The second-order valence-electron chi connectivity index (χ2n) is 5.49. The van der Waals surface area contributed by atoms with Gasteiger partial charge in [0.1, 0.15) is 24.3 Å². The van der Waals surface area contributed by atoms with Gasteiger partial charge in [-0.05, 0) is 24.3 Å². The molecule has 3 rings (SSSR count). The van der Waals surface area contributed by atoms with E-state index in [-0.39, 0.29) is 5.02 Å². The van der Waals surface area contributed by atoms with Crippen molar-refractivity contribution in [1.29, 1.82) is 0 Å². The zero-order valence-corrected chi connectivity index (χ0v) is 14.3. The van der Waals surface area contributed by atoms with Crippen molar-refractivity contribution in [3.63, 3.8) is 0 Å². The van der Waals surface area contributed by atoms with Crippen molar-refractivity contribution < 1.29 is 13.9 Å². The first-order chi connectivity index (χ1) is 12.0. The average molecular weight is 365 g/mol. The Balaban J connectivity index is 1.89. The lowest BCUT2D eigenvalue weighted by Gasteiger charge is -2.31. The fraction of sp³-hybridized carbons (Fsp3) is 0.235. The van der Waals surface area contributed by atoms with Gasteiger partial charge in [0, 0.05) is 24.4 Å². The monoisotopic (exact) mass is 364 g/mol. The molecule has 0 radical (unpaired) electrons. The molecule has 2 aromatic carbocycles. The predicted octanol–water partition coefficient (Wildman–Crippen LogP) is 3.22. The summed E-state index contributed by atoms with van der Waals surface area (Å²) in [6.45, 7) is 0.841. The molecule has 1 atom stereocenters. The van der Waals surface area contributed by atoms with Gasteiger partial charge in [-0.2, -0.15) is 0 Å². The molecule has 2 aromatic rings. The van der Waals surface area contributed by atoms with Gasteiger partial charge in [-0.3, -0.25) is 0 Å². The summed E-state index contributed by atoms with van der Waals surface area (Å²) in [4.78, 5) is 6.09. The van der Waals surface area contributed by atoms with Crippen LogP contribution >= 0.6 is 11.6 Å². The molecule has 1 heterocycles. The Morgan fingerprint density at radius 1 is 1.28 bits per heavy atom. The Bertz CT molecular complexity index is 815. The van der Waals surface area contributed by atoms with Crippen molar-refractivity contribution in [2.45, 2.75) is 6.17 Å². The highest BCUT2D eigenvalue weighted by Gasteiger charge is 2.24. The van der Waals surface area contributed by atoms with Crippen LogP contribution in [0.15, 0.2) is 35.3 Å². The van der Waals surface area contributed by atoms with E-state index in [1.807, 2.05) is 0 Å². The molecule has 0 aliphatic carbocycles. The predicted molar refractivity (Wildman–Crippen MR) is 97.2 cm³/mol. The fourth-order valence-corrected chi connectivity index (χ4v) is 2.71. The molecule has 0 saturated carbocycles. The van der Waals surface area contributed by atoms with Crippen LogP contribution in [0.25, 0.3) is 0 Å². The normalized spacial score (nSPS) is 16.0. The first-order valence-corrected chi connectivity index (χ1v) is 7.97. The summed E-state index contributed by atoms with van der Waals surface area (Å²) >= 11 is 5.85.